The molecule has 0 aromatic carbocycles. The molecular weight excluding hydrogens is 302 g/mol. The zero-order valence-corrected chi connectivity index (χ0v) is 11.9. The van der Waals surface area contributed by atoms with Crippen LogP contribution in [0.5, 0.6) is 0 Å². The van der Waals surface area contributed by atoms with Crippen LogP contribution in [0, 0.1) is 10.1 Å². The lowest BCUT2D eigenvalue weighted by Gasteiger charge is -2.35. The highest BCUT2D eigenvalue weighted by atomic mass is 32.2. The molecule has 0 unspecified atom stereocenters. The third kappa shape index (κ3) is 3.53. The van der Waals surface area contributed by atoms with Crippen LogP contribution in [-0.4, -0.2) is 48.8 Å². The van der Waals surface area contributed by atoms with Crippen molar-refractivity contribution in [1.82, 2.24) is 9.71 Å². The first-order valence-electron chi connectivity index (χ1n) is 6.22. The van der Waals surface area contributed by atoms with Gasteiger partial charge in [0.15, 0.2) is 6.20 Å². The number of nitrogens with one attached hydrogen (secondary N) is 1. The number of aliphatic hydroxyl groups is 1. The molecule has 0 radical (unpaired) electrons. The minimum absolute atomic E-state index is 0.188. The molecule has 2 N–H and O–H groups in total. The first-order valence-corrected chi connectivity index (χ1v) is 7.70. The number of aromatic nitrogens is 1. The van der Waals surface area contributed by atoms with Crippen LogP contribution in [0.15, 0.2) is 23.2 Å². The fourth-order valence-corrected chi connectivity index (χ4v) is 3.43. The van der Waals surface area contributed by atoms with E-state index in [4.69, 9.17) is 4.74 Å². The van der Waals surface area contributed by atoms with E-state index in [9.17, 15) is 23.6 Å². The minimum atomic E-state index is -3.92. The number of ether oxygens (including phenoxy) is 1. The molecule has 2 rings (SSSR count). The molecule has 1 aromatic heterocycles. The Morgan fingerprint density at radius 3 is 2.57 bits per heavy atom. The molecule has 10 heteroatoms. The lowest BCUT2D eigenvalue weighted by Crippen LogP contribution is -2.54. The monoisotopic (exact) mass is 317 g/mol. The second kappa shape index (κ2) is 6.02. The predicted octanol–water partition coefficient (Wildman–Crippen LogP) is -0.190. The summed E-state index contributed by atoms with van der Waals surface area (Å²) in [5.41, 5.74) is -0.973. The van der Waals surface area contributed by atoms with Crippen molar-refractivity contribution in [2.45, 2.75) is 23.3 Å². The number of hydrogen-bond acceptors (Lipinski definition) is 7. The van der Waals surface area contributed by atoms with Crippen molar-refractivity contribution in [2.24, 2.45) is 0 Å². The molecule has 21 heavy (non-hydrogen) atoms. The summed E-state index contributed by atoms with van der Waals surface area (Å²) in [6.07, 6.45) is 1.62. The van der Waals surface area contributed by atoms with Gasteiger partial charge in [-0.25, -0.2) is 13.1 Å². The van der Waals surface area contributed by atoms with Gasteiger partial charge in [-0.1, -0.05) is 0 Å². The largest absolute Gasteiger partial charge is 0.394 e. The molecule has 0 amide bonds. The summed E-state index contributed by atoms with van der Waals surface area (Å²) in [6.45, 7) is 0.346. The zero-order valence-electron chi connectivity index (χ0n) is 11.1. The van der Waals surface area contributed by atoms with Crippen LogP contribution >= 0.6 is 0 Å². The molecular formula is C11H15N3O6S. The second-order valence-electron chi connectivity index (χ2n) is 4.77. The third-order valence-corrected chi connectivity index (χ3v) is 4.89. The molecule has 1 fully saturated rings. The van der Waals surface area contributed by atoms with E-state index in [2.05, 4.69) is 9.71 Å². The summed E-state index contributed by atoms with van der Waals surface area (Å²) < 4.78 is 32.2. The first-order chi connectivity index (χ1) is 9.88. The summed E-state index contributed by atoms with van der Waals surface area (Å²) in [6, 6.07) is 2.13. The quantitative estimate of drug-likeness (QED) is 0.568. The Labute approximate surface area is 121 Å². The molecule has 0 atom stereocenters. The molecule has 1 aromatic rings. The predicted molar refractivity (Wildman–Crippen MR) is 71.1 cm³/mol. The highest BCUT2D eigenvalue weighted by Gasteiger charge is 2.37. The number of rotatable bonds is 5. The second-order valence-corrected chi connectivity index (χ2v) is 6.45. The standard InChI is InChI=1S/C11H15N3O6S/c15-8-11(3-5-20-6-4-11)13-21(18,19)9-1-2-10(12-7-9)14(16)17/h1-2,7,13,15H,3-6,8H2. The molecule has 9 nitrogen and oxygen atoms in total. The summed E-state index contributed by atoms with van der Waals surface area (Å²) in [5, 5.41) is 20.0. The van der Waals surface area contributed by atoms with E-state index in [1.165, 1.54) is 0 Å². The highest BCUT2D eigenvalue weighted by molar-refractivity contribution is 7.89. The Kier molecular flexibility index (Phi) is 4.52. The van der Waals surface area contributed by atoms with Crippen molar-refractivity contribution in [3.8, 4) is 0 Å². The van der Waals surface area contributed by atoms with Gasteiger partial charge >= 0.3 is 5.82 Å². The van der Waals surface area contributed by atoms with Crippen LogP contribution in [0.25, 0.3) is 0 Å². The van der Waals surface area contributed by atoms with Crippen LogP contribution < -0.4 is 4.72 Å². The molecule has 2 heterocycles. The first kappa shape index (κ1) is 15.8. The van der Waals surface area contributed by atoms with Crippen molar-refractivity contribution in [3.05, 3.63) is 28.4 Å². The number of hydrogen-bond donors (Lipinski definition) is 2. The molecule has 0 saturated carbocycles. The van der Waals surface area contributed by atoms with Crippen LogP contribution in [-0.2, 0) is 14.8 Å². The molecule has 0 bridgehead atoms. The van der Waals surface area contributed by atoms with Crippen LogP contribution in [0.2, 0.25) is 0 Å². The Balaban J connectivity index is 2.22. The summed E-state index contributed by atoms with van der Waals surface area (Å²) >= 11 is 0. The summed E-state index contributed by atoms with van der Waals surface area (Å²) in [4.78, 5) is 13.1. The number of sulfonamides is 1. The van der Waals surface area contributed by atoms with Gasteiger partial charge in [-0.3, -0.25) is 0 Å². The van der Waals surface area contributed by atoms with Crippen molar-refractivity contribution in [2.75, 3.05) is 19.8 Å². The maximum atomic E-state index is 12.3. The average molecular weight is 317 g/mol. The fourth-order valence-electron chi connectivity index (χ4n) is 2.04. The molecule has 1 saturated heterocycles. The summed E-state index contributed by atoms with van der Waals surface area (Å²) in [7, 11) is -3.92. The Morgan fingerprint density at radius 1 is 1.43 bits per heavy atom. The SMILES string of the molecule is O=[N+]([O-])c1ccc(S(=O)(=O)NC2(CO)CCOCC2)cn1. The van der Waals surface area contributed by atoms with E-state index in [0.29, 0.717) is 26.1 Å². The maximum Gasteiger partial charge on any atom is 0.363 e. The highest BCUT2D eigenvalue weighted by Crippen LogP contribution is 2.23. The van der Waals surface area contributed by atoms with E-state index >= 15 is 0 Å². The van der Waals surface area contributed by atoms with Gasteiger partial charge in [-0.05, 0) is 28.8 Å². The number of aliphatic hydroxyl groups excluding tert-OH is 1. The third-order valence-electron chi connectivity index (χ3n) is 3.32. The van der Waals surface area contributed by atoms with Crippen molar-refractivity contribution in [1.29, 1.82) is 0 Å². The molecule has 0 spiro atoms. The van der Waals surface area contributed by atoms with Crippen molar-refractivity contribution < 1.29 is 23.2 Å². The Morgan fingerprint density at radius 2 is 2.10 bits per heavy atom. The fraction of sp³-hybridized carbons (Fsp3) is 0.545. The average Bonchev–Trinajstić information content (AvgIpc) is 2.48. The molecule has 116 valence electrons. The smallest absolute Gasteiger partial charge is 0.363 e. The Bertz CT molecular complexity index is 609. The number of pyridine rings is 1. The van der Waals surface area contributed by atoms with Crippen LogP contribution in [0.4, 0.5) is 5.82 Å². The minimum Gasteiger partial charge on any atom is -0.394 e. The van der Waals surface area contributed by atoms with Gasteiger partial charge < -0.3 is 20.0 Å². The maximum absolute atomic E-state index is 12.3. The number of nitrogens with zero attached hydrogens (tertiary/aromatic N) is 2. The topological polar surface area (TPSA) is 132 Å². The van der Waals surface area contributed by atoms with Crippen LogP contribution in [0.1, 0.15) is 12.8 Å². The van der Waals surface area contributed by atoms with Gasteiger partial charge in [0.25, 0.3) is 0 Å². The molecule has 0 aliphatic carbocycles. The Hall–Kier alpha value is -1.62. The van der Waals surface area contributed by atoms with Crippen LogP contribution in [0.3, 0.4) is 0 Å². The summed E-state index contributed by atoms with van der Waals surface area (Å²) in [5.74, 6) is -0.433. The van der Waals surface area contributed by atoms with E-state index in [0.717, 1.165) is 18.3 Å². The van der Waals surface area contributed by atoms with E-state index in [1.54, 1.807) is 0 Å². The van der Waals surface area contributed by atoms with Gasteiger partial charge in [0.05, 0.1) is 12.1 Å². The lowest BCUT2D eigenvalue weighted by atomic mass is 9.93. The van der Waals surface area contributed by atoms with E-state index < -0.39 is 26.3 Å². The van der Waals surface area contributed by atoms with Gasteiger partial charge in [-0.2, -0.15) is 0 Å². The van der Waals surface area contributed by atoms with E-state index in [1.807, 2.05) is 0 Å². The molecule has 1 aliphatic rings. The zero-order chi connectivity index (χ0) is 15.5. The normalized spacial score (nSPS) is 18.3. The van der Waals surface area contributed by atoms with Gasteiger partial charge in [0.2, 0.25) is 10.0 Å². The molecule has 1 aliphatic heterocycles. The van der Waals surface area contributed by atoms with Crippen molar-refractivity contribution >= 4 is 15.8 Å². The lowest BCUT2D eigenvalue weighted by molar-refractivity contribution is -0.389. The van der Waals surface area contributed by atoms with Gasteiger partial charge in [-0.15, -0.1) is 0 Å². The van der Waals surface area contributed by atoms with Gasteiger partial charge in [0.1, 0.15) is 4.90 Å². The van der Waals surface area contributed by atoms with E-state index in [-0.39, 0.29) is 11.5 Å². The number of nitro groups is 1. The van der Waals surface area contributed by atoms with Gasteiger partial charge in [0, 0.05) is 19.3 Å². The van der Waals surface area contributed by atoms with Crippen molar-refractivity contribution in [3.63, 3.8) is 0 Å².